The Labute approximate surface area is 121 Å². The van der Waals surface area contributed by atoms with Crippen LogP contribution in [0.4, 0.5) is 5.13 Å². The lowest BCUT2D eigenvalue weighted by Gasteiger charge is -2.24. The second-order valence-electron chi connectivity index (χ2n) is 4.81. The molecule has 7 nitrogen and oxygen atoms in total. The summed E-state index contributed by atoms with van der Waals surface area (Å²) in [6.07, 6.45) is 3.77. The maximum Gasteiger partial charge on any atom is 0.240 e. The fourth-order valence-corrected chi connectivity index (χ4v) is 2.24. The van der Waals surface area contributed by atoms with Crippen molar-refractivity contribution in [2.45, 2.75) is 26.4 Å². The molecule has 20 heavy (non-hydrogen) atoms. The summed E-state index contributed by atoms with van der Waals surface area (Å²) in [6, 6.07) is 0.260. The summed E-state index contributed by atoms with van der Waals surface area (Å²) in [5.74, 6) is -0.0839. The van der Waals surface area contributed by atoms with Gasteiger partial charge in [-0.1, -0.05) is 11.3 Å². The Hall–Kier alpha value is -1.80. The molecule has 0 aliphatic carbocycles. The molecule has 2 heterocycles. The number of hydrogen-bond donors (Lipinski definition) is 1. The Morgan fingerprint density at radius 1 is 1.55 bits per heavy atom. The molecule has 0 radical (unpaired) electrons. The molecule has 2 aromatic rings. The van der Waals surface area contributed by atoms with E-state index in [1.54, 1.807) is 10.2 Å². The van der Waals surface area contributed by atoms with Crippen LogP contribution < -0.4 is 5.32 Å². The smallest absolute Gasteiger partial charge is 0.240 e. The van der Waals surface area contributed by atoms with Crippen molar-refractivity contribution in [1.29, 1.82) is 0 Å². The summed E-state index contributed by atoms with van der Waals surface area (Å²) < 4.78 is 1.76. The van der Waals surface area contributed by atoms with Crippen LogP contribution in [0, 0.1) is 0 Å². The van der Waals surface area contributed by atoms with Gasteiger partial charge in [0.15, 0.2) is 0 Å². The fourth-order valence-electron chi connectivity index (χ4n) is 1.78. The molecule has 0 aromatic carbocycles. The third-order valence-electron chi connectivity index (χ3n) is 2.83. The topological polar surface area (TPSA) is 75.9 Å². The first-order valence-electron chi connectivity index (χ1n) is 6.32. The number of carbonyl (C=O) groups excluding carboxylic acids is 1. The van der Waals surface area contributed by atoms with E-state index in [0.29, 0.717) is 18.2 Å². The van der Waals surface area contributed by atoms with Crippen molar-refractivity contribution in [2.24, 2.45) is 7.05 Å². The molecule has 0 fully saturated rings. The van der Waals surface area contributed by atoms with Crippen LogP contribution in [0.5, 0.6) is 0 Å². The van der Waals surface area contributed by atoms with E-state index >= 15 is 0 Å². The van der Waals surface area contributed by atoms with E-state index in [4.69, 9.17) is 0 Å². The Morgan fingerprint density at radius 3 is 2.90 bits per heavy atom. The van der Waals surface area contributed by atoms with Gasteiger partial charge in [-0.05, 0) is 13.8 Å². The van der Waals surface area contributed by atoms with Crippen molar-refractivity contribution >= 4 is 22.4 Å². The van der Waals surface area contributed by atoms with Gasteiger partial charge in [0, 0.05) is 31.4 Å². The van der Waals surface area contributed by atoms with Crippen molar-refractivity contribution in [3.05, 3.63) is 23.5 Å². The Balaban J connectivity index is 1.93. The predicted molar refractivity (Wildman–Crippen MR) is 77.3 cm³/mol. The van der Waals surface area contributed by atoms with Crippen LogP contribution in [0.1, 0.15) is 19.4 Å². The minimum absolute atomic E-state index is 0.0839. The number of aryl methyl sites for hydroxylation is 1. The number of rotatable bonds is 6. The summed E-state index contributed by atoms with van der Waals surface area (Å²) in [5, 5.41) is 14.9. The first-order chi connectivity index (χ1) is 9.54. The van der Waals surface area contributed by atoms with E-state index in [9.17, 15) is 4.79 Å². The third-order valence-corrected chi connectivity index (χ3v) is 3.43. The third kappa shape index (κ3) is 4.10. The molecule has 0 unspecified atom stereocenters. The lowest BCUT2D eigenvalue weighted by atomic mass is 10.2. The maximum atomic E-state index is 12.0. The first-order valence-corrected chi connectivity index (χ1v) is 7.20. The second kappa shape index (κ2) is 6.58. The van der Waals surface area contributed by atoms with Crippen molar-refractivity contribution in [3.63, 3.8) is 0 Å². The molecular weight excluding hydrogens is 276 g/mol. The molecule has 0 aliphatic rings. The van der Waals surface area contributed by atoms with Gasteiger partial charge in [-0.15, -0.1) is 10.2 Å². The minimum Gasteiger partial charge on any atom is -0.299 e. The Bertz CT molecular complexity index is 550. The molecule has 0 aliphatic heterocycles. The monoisotopic (exact) mass is 294 g/mol. The number of nitrogens with zero attached hydrogens (tertiary/aromatic N) is 5. The second-order valence-corrected chi connectivity index (χ2v) is 5.65. The normalized spacial score (nSPS) is 11.2. The number of amides is 1. The van der Waals surface area contributed by atoms with Crippen LogP contribution in [0.3, 0.4) is 0 Å². The largest absolute Gasteiger partial charge is 0.299 e. The van der Waals surface area contributed by atoms with Gasteiger partial charge >= 0.3 is 0 Å². The highest BCUT2D eigenvalue weighted by molar-refractivity contribution is 7.13. The molecular formula is C12H18N6OS. The van der Waals surface area contributed by atoms with Crippen LogP contribution in [-0.4, -0.2) is 43.4 Å². The average molecular weight is 294 g/mol. The van der Waals surface area contributed by atoms with Crippen molar-refractivity contribution < 1.29 is 4.79 Å². The van der Waals surface area contributed by atoms with Gasteiger partial charge in [0.25, 0.3) is 0 Å². The highest BCUT2D eigenvalue weighted by Crippen LogP contribution is 2.10. The van der Waals surface area contributed by atoms with Crippen LogP contribution in [0.25, 0.3) is 0 Å². The lowest BCUT2D eigenvalue weighted by molar-refractivity contribution is -0.117. The number of carbonyl (C=O) groups is 1. The molecule has 2 rings (SSSR count). The highest BCUT2D eigenvalue weighted by Gasteiger charge is 2.16. The van der Waals surface area contributed by atoms with Crippen LogP contribution >= 0.6 is 11.3 Å². The molecule has 1 N–H and O–H groups in total. The summed E-state index contributed by atoms with van der Waals surface area (Å²) in [6.45, 7) is 5.13. The standard InChI is InChI=1S/C12H18N6OS/c1-9(2)18(6-10-4-14-17(3)5-10)7-11(19)15-12-16-13-8-20-12/h4-5,8-9H,6-7H2,1-3H3,(H,15,16,19). The summed E-state index contributed by atoms with van der Waals surface area (Å²) in [5.41, 5.74) is 2.68. The fraction of sp³-hybridized carbons (Fsp3) is 0.500. The van der Waals surface area contributed by atoms with Crippen LogP contribution in [0.15, 0.2) is 17.9 Å². The van der Waals surface area contributed by atoms with Gasteiger partial charge in [0.1, 0.15) is 5.51 Å². The maximum absolute atomic E-state index is 12.0. The number of hydrogen-bond acceptors (Lipinski definition) is 6. The number of nitrogens with one attached hydrogen (secondary N) is 1. The van der Waals surface area contributed by atoms with Gasteiger partial charge < -0.3 is 0 Å². The minimum atomic E-state index is -0.0839. The zero-order valence-corrected chi connectivity index (χ0v) is 12.6. The van der Waals surface area contributed by atoms with E-state index < -0.39 is 0 Å². The van der Waals surface area contributed by atoms with Gasteiger partial charge in [0.2, 0.25) is 11.0 Å². The van der Waals surface area contributed by atoms with Gasteiger partial charge in [-0.2, -0.15) is 5.10 Å². The molecule has 0 spiro atoms. The molecule has 0 atom stereocenters. The SMILES string of the molecule is CC(C)N(CC(=O)Nc1nncs1)Cc1cnn(C)c1. The van der Waals surface area contributed by atoms with Gasteiger partial charge in [-0.3, -0.25) is 19.7 Å². The molecule has 0 saturated heterocycles. The quantitative estimate of drug-likeness (QED) is 0.864. The van der Waals surface area contributed by atoms with Crippen molar-refractivity contribution in [1.82, 2.24) is 24.9 Å². The van der Waals surface area contributed by atoms with Crippen molar-refractivity contribution in [3.8, 4) is 0 Å². The molecule has 108 valence electrons. The summed E-state index contributed by atoms with van der Waals surface area (Å²) >= 11 is 1.31. The molecule has 1 amide bonds. The Morgan fingerprint density at radius 2 is 2.35 bits per heavy atom. The first kappa shape index (κ1) is 14.6. The molecule has 2 aromatic heterocycles. The van der Waals surface area contributed by atoms with Crippen LogP contribution in [-0.2, 0) is 18.4 Å². The highest BCUT2D eigenvalue weighted by atomic mass is 32.1. The summed E-state index contributed by atoms with van der Waals surface area (Å²) in [4.78, 5) is 14.1. The lowest BCUT2D eigenvalue weighted by Crippen LogP contribution is -2.37. The molecule has 0 bridgehead atoms. The molecule has 8 heteroatoms. The van der Waals surface area contributed by atoms with Crippen LogP contribution in [0.2, 0.25) is 0 Å². The Kier molecular flexibility index (Phi) is 4.80. The van der Waals surface area contributed by atoms with E-state index in [1.807, 2.05) is 19.4 Å². The van der Waals surface area contributed by atoms with E-state index in [0.717, 1.165) is 5.56 Å². The molecule has 0 saturated carbocycles. The van der Waals surface area contributed by atoms with E-state index in [-0.39, 0.29) is 11.9 Å². The van der Waals surface area contributed by atoms with E-state index in [2.05, 4.69) is 39.4 Å². The average Bonchev–Trinajstić information content (AvgIpc) is 3.00. The number of anilines is 1. The zero-order chi connectivity index (χ0) is 14.5. The zero-order valence-electron chi connectivity index (χ0n) is 11.8. The van der Waals surface area contributed by atoms with Gasteiger partial charge in [-0.25, -0.2) is 0 Å². The predicted octanol–water partition coefficient (Wildman–Crippen LogP) is 1.12. The van der Waals surface area contributed by atoms with Gasteiger partial charge in [0.05, 0.1) is 12.7 Å². The van der Waals surface area contributed by atoms with E-state index in [1.165, 1.54) is 11.3 Å². The number of aromatic nitrogens is 4. The van der Waals surface area contributed by atoms with Crippen molar-refractivity contribution in [2.75, 3.05) is 11.9 Å². The summed E-state index contributed by atoms with van der Waals surface area (Å²) in [7, 11) is 1.88.